The van der Waals surface area contributed by atoms with Crippen LogP contribution in [-0.2, 0) is 22.6 Å². The maximum atomic E-state index is 14.1. The summed E-state index contributed by atoms with van der Waals surface area (Å²) in [7, 11) is 1.30. The van der Waals surface area contributed by atoms with Crippen LogP contribution < -0.4 is 20.3 Å². The molecule has 2 aromatic heterocycles. The summed E-state index contributed by atoms with van der Waals surface area (Å²) in [5.74, 6) is -0.0767. The summed E-state index contributed by atoms with van der Waals surface area (Å²) < 4.78 is 73.8. The van der Waals surface area contributed by atoms with Gasteiger partial charge in [-0.2, -0.15) is 22.5 Å². The first-order valence-corrected chi connectivity index (χ1v) is 15.2. The summed E-state index contributed by atoms with van der Waals surface area (Å²) in [6, 6.07) is 7.39. The van der Waals surface area contributed by atoms with Gasteiger partial charge in [0.05, 0.1) is 31.1 Å². The largest absolute Gasteiger partial charge is 0.494 e. The van der Waals surface area contributed by atoms with E-state index in [1.54, 1.807) is 24.4 Å². The third-order valence-corrected chi connectivity index (χ3v) is 8.94. The normalized spacial score (nSPS) is 19.6. The summed E-state index contributed by atoms with van der Waals surface area (Å²) in [6.07, 6.45) is -1.24. The van der Waals surface area contributed by atoms with Crippen LogP contribution in [0.5, 0.6) is 5.75 Å². The molecule has 5 rings (SSSR count). The van der Waals surface area contributed by atoms with Crippen molar-refractivity contribution in [1.29, 1.82) is 0 Å². The van der Waals surface area contributed by atoms with Crippen molar-refractivity contribution >= 4 is 33.2 Å². The summed E-state index contributed by atoms with van der Waals surface area (Å²) in [6.45, 7) is 3.58. The Morgan fingerprint density at radius 1 is 1.12 bits per heavy atom. The van der Waals surface area contributed by atoms with E-state index in [1.807, 2.05) is 12.1 Å². The predicted octanol–water partition coefficient (Wildman–Crippen LogP) is 3.36. The Kier molecular flexibility index (Phi) is 8.18. The number of nitrogens with zero attached hydrogens (tertiary/aromatic N) is 6. The second-order valence-corrected chi connectivity index (χ2v) is 12.5. The lowest BCUT2D eigenvalue weighted by Gasteiger charge is -2.34. The molecule has 1 fully saturated rings. The van der Waals surface area contributed by atoms with Crippen molar-refractivity contribution in [1.82, 2.24) is 24.2 Å². The van der Waals surface area contributed by atoms with E-state index >= 15 is 0 Å². The van der Waals surface area contributed by atoms with Crippen LogP contribution in [0.1, 0.15) is 22.9 Å². The van der Waals surface area contributed by atoms with Gasteiger partial charge in [0.15, 0.2) is 0 Å². The van der Waals surface area contributed by atoms with Crippen molar-refractivity contribution in [3.05, 3.63) is 59.5 Å². The number of fused-ring (bicyclic) bond motifs is 1. The zero-order chi connectivity index (χ0) is 30.2. The number of likely N-dealkylation sites (N-methyl/N-ethyl adjacent to an activating group) is 2. The maximum absolute atomic E-state index is 14.1. The number of anilines is 4. The molecule has 0 saturated carbocycles. The van der Waals surface area contributed by atoms with Crippen molar-refractivity contribution < 1.29 is 26.3 Å². The van der Waals surface area contributed by atoms with Crippen molar-refractivity contribution in [2.45, 2.75) is 24.7 Å². The second kappa shape index (κ2) is 11.5. The number of pyridine rings is 1. The van der Waals surface area contributed by atoms with Gasteiger partial charge < -0.3 is 25.2 Å². The van der Waals surface area contributed by atoms with Gasteiger partial charge in [-0.25, -0.2) is 13.4 Å². The zero-order valence-corrected chi connectivity index (χ0v) is 24.5. The van der Waals surface area contributed by atoms with Gasteiger partial charge in [-0.05, 0) is 30.8 Å². The smallest absolute Gasteiger partial charge is 0.421 e. The Balaban J connectivity index is 1.45. The van der Waals surface area contributed by atoms with Crippen LogP contribution in [0.15, 0.2) is 42.7 Å². The molecule has 2 aliphatic rings. The number of aromatic nitrogens is 3. The van der Waals surface area contributed by atoms with Crippen LogP contribution in [0, 0.1) is 0 Å². The number of halogens is 3. The molecule has 0 spiro atoms. The highest BCUT2D eigenvalue weighted by molar-refractivity contribution is 7.88. The van der Waals surface area contributed by atoms with Crippen LogP contribution >= 0.6 is 0 Å². The van der Waals surface area contributed by atoms with Gasteiger partial charge in [0.2, 0.25) is 16.0 Å². The fourth-order valence-corrected chi connectivity index (χ4v) is 5.99. The third-order valence-electron chi connectivity index (χ3n) is 7.67. The number of alkyl halides is 3. The Labute approximate surface area is 242 Å². The van der Waals surface area contributed by atoms with Gasteiger partial charge in [0.1, 0.15) is 17.1 Å². The minimum absolute atomic E-state index is 0.0854. The lowest BCUT2D eigenvalue weighted by Crippen LogP contribution is -2.44. The number of sulfonamides is 1. The Morgan fingerprint density at radius 3 is 2.52 bits per heavy atom. The molecule has 2 N–H and O–H groups in total. The predicted molar refractivity (Wildman–Crippen MR) is 154 cm³/mol. The Morgan fingerprint density at radius 2 is 1.86 bits per heavy atom. The molecular formula is C27H33F3N8O3S. The molecule has 0 bridgehead atoms. The highest BCUT2D eigenvalue weighted by Crippen LogP contribution is 2.40. The van der Waals surface area contributed by atoms with E-state index in [9.17, 15) is 21.6 Å². The quantitative estimate of drug-likeness (QED) is 0.396. The number of hydrogen-bond acceptors (Lipinski definition) is 10. The van der Waals surface area contributed by atoms with Crippen molar-refractivity contribution in [2.24, 2.45) is 0 Å². The van der Waals surface area contributed by atoms with E-state index in [0.29, 0.717) is 28.9 Å². The first-order chi connectivity index (χ1) is 19.8. The molecule has 2 atom stereocenters. The molecule has 0 unspecified atom stereocenters. The first kappa shape index (κ1) is 29.8. The van der Waals surface area contributed by atoms with Crippen molar-refractivity contribution in [3.63, 3.8) is 0 Å². The third kappa shape index (κ3) is 6.22. The Hall–Kier alpha value is -3.69. The molecule has 15 heteroatoms. The van der Waals surface area contributed by atoms with Gasteiger partial charge in [-0.3, -0.25) is 4.98 Å². The molecule has 42 heavy (non-hydrogen) atoms. The number of methoxy groups -OCH3 is 1. The summed E-state index contributed by atoms with van der Waals surface area (Å²) in [5.41, 5.74) is 1.59. The topological polar surface area (TPSA) is 116 Å². The number of hydrogen-bond donors (Lipinski definition) is 2. The van der Waals surface area contributed by atoms with Crippen LogP contribution in [0.25, 0.3) is 0 Å². The standard InChI is InChI=1S/C27H33F3N8O3S/c1-36-10-12-38(13-11-36)17-7-8-20(23(14-17)41-3)34-26-32-16-19(27(28,29)30)25(35-26)33-22-15-21-18(6-5-9-31-21)24(22)37(2)42(4,39)40/h5-9,14,16,22,24H,10-13,15H2,1-4H3,(H2,32,33,34,35)/t22-,24-/m1/s1. The van der Waals surface area contributed by atoms with E-state index in [-0.39, 0.29) is 12.4 Å². The number of nitrogens with one attached hydrogen (secondary N) is 2. The molecule has 226 valence electrons. The monoisotopic (exact) mass is 606 g/mol. The van der Waals surface area contributed by atoms with Crippen LogP contribution in [0.4, 0.5) is 36.3 Å². The van der Waals surface area contributed by atoms with E-state index in [2.05, 4.69) is 42.4 Å². The van der Waals surface area contributed by atoms with Gasteiger partial charge >= 0.3 is 6.18 Å². The highest BCUT2D eigenvalue weighted by atomic mass is 32.2. The number of rotatable bonds is 8. The molecule has 1 saturated heterocycles. The van der Waals surface area contributed by atoms with Crippen molar-refractivity contribution in [3.8, 4) is 5.75 Å². The van der Waals surface area contributed by atoms with E-state index in [4.69, 9.17) is 4.74 Å². The summed E-state index contributed by atoms with van der Waals surface area (Å²) in [5, 5.41) is 5.86. The minimum atomic E-state index is -4.76. The molecule has 0 amide bonds. The molecule has 0 radical (unpaired) electrons. The molecular weight excluding hydrogens is 573 g/mol. The Bertz CT molecular complexity index is 1550. The van der Waals surface area contributed by atoms with Crippen molar-refractivity contribution in [2.75, 3.05) is 69.2 Å². The van der Waals surface area contributed by atoms with Crippen LogP contribution in [-0.4, -0.2) is 92.3 Å². The maximum Gasteiger partial charge on any atom is 0.421 e. The zero-order valence-electron chi connectivity index (χ0n) is 23.7. The molecule has 11 nitrogen and oxygen atoms in total. The molecule has 1 aromatic carbocycles. The average Bonchev–Trinajstić information content (AvgIpc) is 3.29. The molecule has 3 aromatic rings. The number of ether oxygens (including phenoxy) is 1. The fraction of sp³-hybridized carbons (Fsp3) is 0.444. The van der Waals surface area contributed by atoms with Gasteiger partial charge in [0.25, 0.3) is 0 Å². The van der Waals surface area contributed by atoms with E-state index in [1.165, 1.54) is 14.2 Å². The lowest BCUT2D eigenvalue weighted by atomic mass is 10.1. The van der Waals surface area contributed by atoms with Gasteiger partial charge in [-0.1, -0.05) is 6.07 Å². The molecule has 1 aliphatic carbocycles. The number of benzene rings is 1. The summed E-state index contributed by atoms with van der Waals surface area (Å²) >= 11 is 0. The van der Waals surface area contributed by atoms with E-state index in [0.717, 1.165) is 42.4 Å². The summed E-state index contributed by atoms with van der Waals surface area (Å²) in [4.78, 5) is 16.9. The lowest BCUT2D eigenvalue weighted by molar-refractivity contribution is -0.137. The van der Waals surface area contributed by atoms with Crippen LogP contribution in [0.2, 0.25) is 0 Å². The van der Waals surface area contributed by atoms with E-state index < -0.39 is 39.7 Å². The average molecular weight is 607 g/mol. The fourth-order valence-electron chi connectivity index (χ4n) is 5.31. The second-order valence-electron chi connectivity index (χ2n) is 10.5. The highest BCUT2D eigenvalue weighted by Gasteiger charge is 2.42. The molecule has 1 aliphatic heterocycles. The van der Waals surface area contributed by atoms with Crippen LogP contribution in [0.3, 0.4) is 0 Å². The minimum Gasteiger partial charge on any atom is -0.494 e. The SMILES string of the molecule is COc1cc(N2CCN(C)CC2)ccc1Nc1ncc(C(F)(F)F)c(N[C@@H]2Cc3ncccc3[C@H]2N(C)S(C)(=O)=O)n1. The first-order valence-electron chi connectivity index (χ1n) is 13.3. The van der Waals surface area contributed by atoms with Gasteiger partial charge in [-0.15, -0.1) is 0 Å². The van der Waals surface area contributed by atoms with Gasteiger partial charge in [0, 0.05) is 69.5 Å². The number of piperazine rings is 1. The molecule has 3 heterocycles.